The number of rotatable bonds is 2. The molecule has 1 nitrogen and oxygen atoms in total. The molecule has 0 saturated carbocycles. The van der Waals surface area contributed by atoms with Crippen LogP contribution in [0.3, 0.4) is 0 Å². The van der Waals surface area contributed by atoms with Gasteiger partial charge in [0.15, 0.2) is 11.6 Å². The Morgan fingerprint density at radius 1 is 1.25 bits per heavy atom. The Hall–Kier alpha value is -0.770. The molecule has 0 radical (unpaired) electrons. The molecule has 0 aliphatic rings. The van der Waals surface area contributed by atoms with Crippen molar-refractivity contribution in [3.8, 4) is 5.75 Å². The average molecular weight is 190 g/mol. The number of hydrogen-bond acceptors (Lipinski definition) is 2. The number of benzene rings is 1. The zero-order chi connectivity index (χ0) is 9.14. The van der Waals surface area contributed by atoms with Crippen LogP contribution in [0.5, 0.6) is 5.75 Å². The van der Waals surface area contributed by atoms with Crippen molar-refractivity contribution in [1.29, 1.82) is 0 Å². The third-order valence-electron chi connectivity index (χ3n) is 1.43. The zero-order valence-corrected chi connectivity index (χ0v) is 7.54. The van der Waals surface area contributed by atoms with Crippen LogP contribution in [0.15, 0.2) is 17.0 Å². The number of ether oxygens (including phenoxy) is 1. The molecule has 1 aromatic rings. The highest BCUT2D eigenvalue weighted by Crippen LogP contribution is 2.26. The smallest absolute Gasteiger partial charge is 0.168 e. The van der Waals surface area contributed by atoms with Crippen molar-refractivity contribution in [3.05, 3.63) is 23.8 Å². The molecule has 0 aliphatic carbocycles. The van der Waals surface area contributed by atoms with Crippen molar-refractivity contribution in [2.45, 2.75) is 4.90 Å². The van der Waals surface area contributed by atoms with Gasteiger partial charge >= 0.3 is 0 Å². The topological polar surface area (TPSA) is 9.23 Å². The van der Waals surface area contributed by atoms with Gasteiger partial charge in [0.05, 0.1) is 7.11 Å². The molecule has 0 saturated heterocycles. The highest BCUT2D eigenvalue weighted by molar-refractivity contribution is 7.98. The minimum absolute atomic E-state index is 0.0701. The van der Waals surface area contributed by atoms with Crippen molar-refractivity contribution < 1.29 is 13.5 Å². The number of halogens is 2. The first-order valence-electron chi connectivity index (χ1n) is 3.26. The van der Waals surface area contributed by atoms with Crippen molar-refractivity contribution in [2.24, 2.45) is 0 Å². The van der Waals surface area contributed by atoms with Gasteiger partial charge in [-0.25, -0.2) is 8.78 Å². The van der Waals surface area contributed by atoms with E-state index in [2.05, 4.69) is 4.74 Å². The molecule has 1 rings (SSSR count). The van der Waals surface area contributed by atoms with E-state index in [0.29, 0.717) is 4.90 Å². The Balaban J connectivity index is 3.18. The number of thioether (sulfide) groups is 1. The molecule has 4 heteroatoms. The van der Waals surface area contributed by atoms with Crippen LogP contribution in [-0.4, -0.2) is 13.4 Å². The summed E-state index contributed by atoms with van der Waals surface area (Å²) in [6.07, 6.45) is 1.72. The van der Waals surface area contributed by atoms with Crippen LogP contribution in [0, 0.1) is 11.6 Å². The van der Waals surface area contributed by atoms with Crippen LogP contribution < -0.4 is 4.74 Å². The van der Waals surface area contributed by atoms with E-state index in [1.165, 1.54) is 24.9 Å². The molecular formula is C8H8F2OS. The molecule has 0 fully saturated rings. The Labute approximate surface area is 73.7 Å². The predicted octanol–water partition coefficient (Wildman–Crippen LogP) is 2.70. The lowest BCUT2D eigenvalue weighted by Crippen LogP contribution is -1.91. The van der Waals surface area contributed by atoms with Crippen molar-refractivity contribution >= 4 is 11.8 Å². The molecule has 0 heterocycles. The Bertz CT molecular complexity index is 263. The normalized spacial score (nSPS) is 10.0. The van der Waals surface area contributed by atoms with E-state index >= 15 is 0 Å². The van der Waals surface area contributed by atoms with E-state index in [0.717, 1.165) is 6.07 Å². The summed E-state index contributed by atoms with van der Waals surface area (Å²) in [6.45, 7) is 0. The summed E-state index contributed by atoms with van der Waals surface area (Å²) >= 11 is 1.21. The van der Waals surface area contributed by atoms with Gasteiger partial charge < -0.3 is 4.74 Å². The summed E-state index contributed by atoms with van der Waals surface area (Å²) in [5.74, 6) is -1.16. The van der Waals surface area contributed by atoms with Crippen LogP contribution in [-0.2, 0) is 0 Å². The molecule has 0 aliphatic heterocycles. The third-order valence-corrected chi connectivity index (χ3v) is 2.18. The molecule has 0 amide bonds. The van der Waals surface area contributed by atoms with Crippen LogP contribution in [0.2, 0.25) is 0 Å². The van der Waals surface area contributed by atoms with Gasteiger partial charge in [-0.15, -0.1) is 11.8 Å². The first-order chi connectivity index (χ1) is 5.69. The largest absolute Gasteiger partial charge is 0.494 e. The van der Waals surface area contributed by atoms with E-state index in [-0.39, 0.29) is 5.75 Å². The standard InChI is InChI=1S/C8H8F2OS/c1-11-7-4-8(12-2)6(10)3-5(7)9/h3-4H,1-2H3. The molecule has 0 spiro atoms. The number of methoxy groups -OCH3 is 1. The fraction of sp³-hybridized carbons (Fsp3) is 0.250. The van der Waals surface area contributed by atoms with Gasteiger partial charge in [0.1, 0.15) is 5.82 Å². The zero-order valence-electron chi connectivity index (χ0n) is 6.73. The van der Waals surface area contributed by atoms with E-state index in [1.54, 1.807) is 6.26 Å². The van der Waals surface area contributed by atoms with E-state index < -0.39 is 11.6 Å². The van der Waals surface area contributed by atoms with Crippen LogP contribution in [0.1, 0.15) is 0 Å². The molecule has 0 N–H and O–H groups in total. The van der Waals surface area contributed by atoms with Gasteiger partial charge in [0.25, 0.3) is 0 Å². The molecule has 12 heavy (non-hydrogen) atoms. The second kappa shape index (κ2) is 3.76. The molecule has 0 bridgehead atoms. The van der Waals surface area contributed by atoms with Gasteiger partial charge in [-0.3, -0.25) is 0 Å². The molecule has 66 valence electrons. The Kier molecular flexibility index (Phi) is 2.92. The minimum Gasteiger partial charge on any atom is -0.494 e. The summed E-state index contributed by atoms with van der Waals surface area (Å²) in [5.41, 5.74) is 0. The quantitative estimate of drug-likeness (QED) is 0.663. The minimum atomic E-state index is -0.673. The molecule has 0 unspecified atom stereocenters. The average Bonchev–Trinajstić information content (AvgIpc) is 2.05. The maximum Gasteiger partial charge on any atom is 0.168 e. The monoisotopic (exact) mass is 190 g/mol. The van der Waals surface area contributed by atoms with Crippen LogP contribution >= 0.6 is 11.8 Å². The lowest BCUT2D eigenvalue weighted by Gasteiger charge is -2.04. The lowest BCUT2D eigenvalue weighted by molar-refractivity contribution is 0.381. The fourth-order valence-electron chi connectivity index (χ4n) is 0.823. The summed E-state index contributed by atoms with van der Waals surface area (Å²) < 4.78 is 30.3. The van der Waals surface area contributed by atoms with Crippen molar-refractivity contribution in [1.82, 2.24) is 0 Å². The highest BCUT2D eigenvalue weighted by atomic mass is 32.2. The first kappa shape index (κ1) is 9.32. The van der Waals surface area contributed by atoms with Crippen molar-refractivity contribution in [2.75, 3.05) is 13.4 Å². The highest BCUT2D eigenvalue weighted by Gasteiger charge is 2.08. The summed E-state index contributed by atoms with van der Waals surface area (Å²) in [7, 11) is 1.35. The Morgan fingerprint density at radius 3 is 2.42 bits per heavy atom. The van der Waals surface area contributed by atoms with Gasteiger partial charge in [0, 0.05) is 11.0 Å². The second-order valence-electron chi connectivity index (χ2n) is 2.12. The SMILES string of the molecule is COc1cc(SC)c(F)cc1F. The first-order valence-corrected chi connectivity index (χ1v) is 4.48. The van der Waals surface area contributed by atoms with E-state index in [9.17, 15) is 8.78 Å². The lowest BCUT2D eigenvalue weighted by atomic mass is 10.3. The van der Waals surface area contributed by atoms with E-state index in [4.69, 9.17) is 0 Å². The molecule has 0 atom stereocenters. The summed E-state index contributed by atoms with van der Waals surface area (Å²) in [6, 6.07) is 2.17. The Morgan fingerprint density at radius 2 is 1.92 bits per heavy atom. The number of hydrogen-bond donors (Lipinski definition) is 0. The van der Waals surface area contributed by atoms with Gasteiger partial charge in [0.2, 0.25) is 0 Å². The van der Waals surface area contributed by atoms with Gasteiger partial charge in [-0.2, -0.15) is 0 Å². The predicted molar refractivity (Wildman–Crippen MR) is 44.7 cm³/mol. The summed E-state index contributed by atoms with van der Waals surface area (Å²) in [5, 5.41) is 0. The van der Waals surface area contributed by atoms with Gasteiger partial charge in [-0.1, -0.05) is 0 Å². The van der Waals surface area contributed by atoms with Gasteiger partial charge in [-0.05, 0) is 12.3 Å². The van der Waals surface area contributed by atoms with Crippen LogP contribution in [0.4, 0.5) is 8.78 Å². The summed E-state index contributed by atoms with van der Waals surface area (Å²) in [4.78, 5) is 0.383. The third kappa shape index (κ3) is 1.69. The van der Waals surface area contributed by atoms with Crippen molar-refractivity contribution in [3.63, 3.8) is 0 Å². The molecule has 1 aromatic carbocycles. The fourth-order valence-corrected chi connectivity index (χ4v) is 1.30. The molecule has 0 aromatic heterocycles. The van der Waals surface area contributed by atoms with E-state index in [1.807, 2.05) is 0 Å². The molecular weight excluding hydrogens is 182 g/mol. The second-order valence-corrected chi connectivity index (χ2v) is 2.97. The maximum atomic E-state index is 12.9. The van der Waals surface area contributed by atoms with Crippen LogP contribution in [0.25, 0.3) is 0 Å². The maximum absolute atomic E-state index is 12.9.